The zero-order chi connectivity index (χ0) is 19.2. The normalized spacial score (nSPS) is 10.9. The highest BCUT2D eigenvalue weighted by atomic mass is 32.1. The smallest absolute Gasteiger partial charge is 0.203 e. The van der Waals surface area contributed by atoms with Crippen LogP contribution < -0.4 is 10.2 Å². The summed E-state index contributed by atoms with van der Waals surface area (Å²) in [6.45, 7) is 0. The highest BCUT2D eigenvalue weighted by molar-refractivity contribution is 7.14. The van der Waals surface area contributed by atoms with Crippen molar-refractivity contribution in [2.75, 3.05) is 12.5 Å². The monoisotopic (exact) mass is 385 g/mol. The molecule has 0 aliphatic rings. The molecule has 1 heterocycles. The molecule has 0 unspecified atom stereocenters. The molecule has 0 saturated heterocycles. The van der Waals surface area contributed by atoms with Gasteiger partial charge < -0.3 is 4.74 Å². The molecule has 4 aromatic rings. The van der Waals surface area contributed by atoms with Gasteiger partial charge in [-0.25, -0.2) is 4.98 Å². The molecule has 0 spiro atoms. The number of methoxy groups -OCH3 is 1. The van der Waals surface area contributed by atoms with Gasteiger partial charge in [0.1, 0.15) is 5.75 Å². The van der Waals surface area contributed by atoms with Crippen LogP contribution in [0.2, 0.25) is 0 Å². The largest absolute Gasteiger partial charge is 0.497 e. The number of ether oxygens (including phenoxy) is 1. The van der Waals surface area contributed by atoms with Gasteiger partial charge in [0.05, 0.1) is 19.0 Å². The van der Waals surface area contributed by atoms with Crippen LogP contribution in [0.3, 0.4) is 0 Å². The molecule has 0 amide bonds. The SMILES string of the molecule is COc1ccc(-c2cccc(C=NNc3nc(-c4ccccc4)cs3)c2)cc1. The molecule has 0 atom stereocenters. The van der Waals surface area contributed by atoms with Crippen molar-refractivity contribution in [3.63, 3.8) is 0 Å². The zero-order valence-electron chi connectivity index (χ0n) is 15.4. The lowest BCUT2D eigenvalue weighted by molar-refractivity contribution is 0.415. The third kappa shape index (κ3) is 4.27. The van der Waals surface area contributed by atoms with Gasteiger partial charge in [-0.2, -0.15) is 5.10 Å². The van der Waals surface area contributed by atoms with Gasteiger partial charge in [-0.15, -0.1) is 11.3 Å². The molecule has 0 radical (unpaired) electrons. The summed E-state index contributed by atoms with van der Waals surface area (Å²) in [6.07, 6.45) is 1.80. The number of anilines is 1. The van der Waals surface area contributed by atoms with Gasteiger partial charge in [-0.05, 0) is 34.9 Å². The average molecular weight is 385 g/mol. The Morgan fingerprint density at radius 3 is 2.46 bits per heavy atom. The third-order valence-corrected chi connectivity index (χ3v) is 5.00. The van der Waals surface area contributed by atoms with Crippen LogP contribution in [0.4, 0.5) is 5.13 Å². The van der Waals surface area contributed by atoms with Crippen molar-refractivity contribution in [1.82, 2.24) is 4.98 Å². The zero-order valence-corrected chi connectivity index (χ0v) is 16.2. The van der Waals surface area contributed by atoms with E-state index in [0.717, 1.165) is 38.8 Å². The third-order valence-electron chi connectivity index (χ3n) is 4.26. The lowest BCUT2D eigenvalue weighted by Gasteiger charge is -2.04. The Morgan fingerprint density at radius 1 is 0.893 bits per heavy atom. The Balaban J connectivity index is 1.44. The number of nitrogens with zero attached hydrogens (tertiary/aromatic N) is 2. The number of nitrogens with one attached hydrogen (secondary N) is 1. The topological polar surface area (TPSA) is 46.5 Å². The van der Waals surface area contributed by atoms with Crippen LogP contribution in [-0.2, 0) is 0 Å². The molecular weight excluding hydrogens is 366 g/mol. The fraction of sp³-hybridized carbons (Fsp3) is 0.0435. The first-order chi connectivity index (χ1) is 13.8. The van der Waals surface area contributed by atoms with Crippen molar-refractivity contribution >= 4 is 22.7 Å². The second-order valence-corrected chi connectivity index (χ2v) is 6.99. The minimum absolute atomic E-state index is 0.765. The molecule has 28 heavy (non-hydrogen) atoms. The Labute approximate surface area is 168 Å². The molecule has 1 aromatic heterocycles. The summed E-state index contributed by atoms with van der Waals surface area (Å²) in [5, 5.41) is 7.12. The van der Waals surface area contributed by atoms with Crippen LogP contribution in [0.5, 0.6) is 5.75 Å². The van der Waals surface area contributed by atoms with Crippen LogP contribution in [-0.4, -0.2) is 18.3 Å². The first kappa shape index (κ1) is 17.9. The lowest BCUT2D eigenvalue weighted by atomic mass is 10.0. The number of hydrazone groups is 1. The van der Waals surface area contributed by atoms with E-state index in [0.29, 0.717) is 0 Å². The molecule has 138 valence electrons. The van der Waals surface area contributed by atoms with E-state index in [9.17, 15) is 0 Å². The number of hydrogen-bond donors (Lipinski definition) is 1. The Kier molecular flexibility index (Phi) is 5.45. The summed E-state index contributed by atoms with van der Waals surface area (Å²) in [7, 11) is 1.67. The van der Waals surface area contributed by atoms with Crippen molar-refractivity contribution in [3.05, 3.63) is 89.8 Å². The fourth-order valence-electron chi connectivity index (χ4n) is 2.81. The maximum Gasteiger partial charge on any atom is 0.203 e. The number of rotatable bonds is 6. The number of thiazole rings is 1. The van der Waals surface area contributed by atoms with Crippen LogP contribution in [0.15, 0.2) is 89.3 Å². The number of aromatic nitrogens is 1. The lowest BCUT2D eigenvalue weighted by Crippen LogP contribution is -1.91. The van der Waals surface area contributed by atoms with Gasteiger partial charge in [-0.3, -0.25) is 5.43 Å². The summed E-state index contributed by atoms with van der Waals surface area (Å²) >= 11 is 1.54. The standard InChI is InChI=1S/C23H19N3OS/c1-27-21-12-10-18(11-13-21)20-9-5-6-17(14-20)15-24-26-23-25-22(16-28-23)19-7-3-2-4-8-19/h2-16H,1H3,(H,25,26). The minimum Gasteiger partial charge on any atom is -0.497 e. The van der Waals surface area contributed by atoms with Gasteiger partial charge in [0.2, 0.25) is 5.13 Å². The van der Waals surface area contributed by atoms with Crippen LogP contribution in [0.1, 0.15) is 5.56 Å². The summed E-state index contributed by atoms with van der Waals surface area (Å²) < 4.78 is 5.22. The van der Waals surface area contributed by atoms with E-state index < -0.39 is 0 Å². The second-order valence-electron chi connectivity index (χ2n) is 6.13. The summed E-state index contributed by atoms with van der Waals surface area (Å²) in [6, 6.07) is 26.4. The molecule has 4 rings (SSSR count). The quantitative estimate of drug-likeness (QED) is 0.330. The van der Waals surface area contributed by atoms with Crippen molar-refractivity contribution < 1.29 is 4.74 Å². The van der Waals surface area contributed by atoms with E-state index >= 15 is 0 Å². The van der Waals surface area contributed by atoms with Crippen LogP contribution in [0.25, 0.3) is 22.4 Å². The van der Waals surface area contributed by atoms with E-state index in [1.807, 2.05) is 72.1 Å². The van der Waals surface area contributed by atoms with Crippen molar-refractivity contribution in [1.29, 1.82) is 0 Å². The van der Waals surface area contributed by atoms with E-state index in [4.69, 9.17) is 4.74 Å². The number of benzene rings is 3. The van der Waals surface area contributed by atoms with Gasteiger partial charge in [0.25, 0.3) is 0 Å². The molecule has 3 aromatic carbocycles. The predicted molar refractivity (Wildman–Crippen MR) is 117 cm³/mol. The van der Waals surface area contributed by atoms with Gasteiger partial charge >= 0.3 is 0 Å². The van der Waals surface area contributed by atoms with Gasteiger partial charge in [-0.1, -0.05) is 60.7 Å². The summed E-state index contributed by atoms with van der Waals surface area (Å²) in [5.74, 6) is 0.851. The first-order valence-electron chi connectivity index (χ1n) is 8.86. The summed E-state index contributed by atoms with van der Waals surface area (Å²) in [5.41, 5.74) is 8.35. The van der Waals surface area contributed by atoms with E-state index in [-0.39, 0.29) is 0 Å². The Morgan fingerprint density at radius 2 is 1.68 bits per heavy atom. The molecule has 0 aliphatic heterocycles. The highest BCUT2D eigenvalue weighted by Gasteiger charge is 2.03. The molecule has 5 heteroatoms. The Hall–Kier alpha value is -3.44. The molecule has 1 N–H and O–H groups in total. The van der Waals surface area contributed by atoms with E-state index in [2.05, 4.69) is 27.6 Å². The molecule has 0 fully saturated rings. The Bertz CT molecular complexity index is 1070. The summed E-state index contributed by atoms with van der Waals surface area (Å²) in [4.78, 5) is 4.57. The second kappa shape index (κ2) is 8.50. The highest BCUT2D eigenvalue weighted by Crippen LogP contribution is 2.25. The van der Waals surface area contributed by atoms with Crippen molar-refractivity contribution in [2.45, 2.75) is 0 Å². The molecule has 0 saturated carbocycles. The van der Waals surface area contributed by atoms with Crippen LogP contribution in [0, 0.1) is 0 Å². The van der Waals surface area contributed by atoms with Gasteiger partial charge in [0, 0.05) is 10.9 Å². The fourth-order valence-corrected chi connectivity index (χ4v) is 3.48. The number of hydrogen-bond acceptors (Lipinski definition) is 5. The maximum atomic E-state index is 5.22. The molecular formula is C23H19N3OS. The van der Waals surface area contributed by atoms with Crippen molar-refractivity contribution in [2.24, 2.45) is 5.10 Å². The maximum absolute atomic E-state index is 5.22. The van der Waals surface area contributed by atoms with Crippen molar-refractivity contribution in [3.8, 4) is 28.1 Å². The van der Waals surface area contributed by atoms with E-state index in [1.54, 1.807) is 13.3 Å². The molecule has 0 bridgehead atoms. The first-order valence-corrected chi connectivity index (χ1v) is 9.74. The molecule has 0 aliphatic carbocycles. The van der Waals surface area contributed by atoms with Crippen LogP contribution >= 0.6 is 11.3 Å². The predicted octanol–water partition coefficient (Wildman–Crippen LogP) is 5.93. The minimum atomic E-state index is 0.765. The van der Waals surface area contributed by atoms with E-state index in [1.165, 1.54) is 11.3 Å². The average Bonchev–Trinajstić information content (AvgIpc) is 3.24. The van der Waals surface area contributed by atoms with Gasteiger partial charge in [0.15, 0.2) is 0 Å². The molecule has 4 nitrogen and oxygen atoms in total.